The molecule has 0 radical (unpaired) electrons. The molecule has 1 N–H and O–H groups in total. The molecule has 3 atom stereocenters. The van der Waals surface area contributed by atoms with Gasteiger partial charge in [0, 0.05) is 36.1 Å². The Bertz CT molecular complexity index is 452. The number of aromatic nitrogens is 1. The number of piperazine rings is 1. The number of hydrogen-bond donors (Lipinski definition) is 1. The lowest BCUT2D eigenvalue weighted by Crippen LogP contribution is -2.56. The molecule has 0 bridgehead atoms. The summed E-state index contributed by atoms with van der Waals surface area (Å²) in [6.45, 7) is 11.3. The Morgan fingerprint density at radius 1 is 1.37 bits per heavy atom. The second-order valence-electron chi connectivity index (χ2n) is 6.26. The summed E-state index contributed by atoms with van der Waals surface area (Å²) in [5, 5.41) is 4.93. The van der Waals surface area contributed by atoms with Crippen molar-refractivity contribution in [2.75, 3.05) is 13.1 Å². The second kappa shape index (κ2) is 5.15. The van der Waals surface area contributed by atoms with E-state index in [0.29, 0.717) is 18.1 Å². The van der Waals surface area contributed by atoms with Crippen LogP contribution in [0.15, 0.2) is 0 Å². The molecule has 2 fully saturated rings. The van der Waals surface area contributed by atoms with Crippen LogP contribution in [-0.2, 0) is 0 Å². The molecule has 3 unspecified atom stereocenters. The smallest absolute Gasteiger partial charge is 0.0900 e. The predicted molar refractivity (Wildman–Crippen MR) is 80.7 cm³/mol. The standard InChI is InChI=1S/C15H25N3S/c1-9-7-16-14(13-5-6-13)8-18(9)11(3)15-10(2)17-12(4)19-15/h9,11,13-14,16H,5-8H2,1-4H3. The molecule has 1 aliphatic carbocycles. The lowest BCUT2D eigenvalue weighted by Gasteiger charge is -2.42. The van der Waals surface area contributed by atoms with Crippen LogP contribution in [0.5, 0.6) is 0 Å². The first kappa shape index (κ1) is 13.5. The van der Waals surface area contributed by atoms with Gasteiger partial charge in [-0.05, 0) is 46.5 Å². The van der Waals surface area contributed by atoms with E-state index in [1.54, 1.807) is 0 Å². The molecule has 2 heterocycles. The monoisotopic (exact) mass is 279 g/mol. The first-order chi connectivity index (χ1) is 9.06. The van der Waals surface area contributed by atoms with Crippen molar-refractivity contribution < 1.29 is 0 Å². The van der Waals surface area contributed by atoms with Crippen LogP contribution in [0.3, 0.4) is 0 Å². The van der Waals surface area contributed by atoms with E-state index in [4.69, 9.17) is 0 Å². The zero-order valence-corrected chi connectivity index (χ0v) is 13.3. The van der Waals surface area contributed by atoms with E-state index in [1.807, 2.05) is 11.3 Å². The molecule has 1 saturated carbocycles. The average Bonchev–Trinajstić information content (AvgIpc) is 3.15. The molecule has 1 aromatic rings. The summed E-state index contributed by atoms with van der Waals surface area (Å²) in [7, 11) is 0. The van der Waals surface area contributed by atoms with Gasteiger partial charge >= 0.3 is 0 Å². The highest BCUT2D eigenvalue weighted by atomic mass is 32.1. The number of aryl methyl sites for hydroxylation is 2. The summed E-state index contributed by atoms with van der Waals surface area (Å²) in [6, 6.07) is 1.84. The zero-order valence-electron chi connectivity index (χ0n) is 12.4. The van der Waals surface area contributed by atoms with Gasteiger partial charge in [0.2, 0.25) is 0 Å². The van der Waals surface area contributed by atoms with Gasteiger partial charge in [-0.1, -0.05) is 0 Å². The Morgan fingerprint density at radius 3 is 2.68 bits per heavy atom. The van der Waals surface area contributed by atoms with Gasteiger partial charge in [-0.25, -0.2) is 4.98 Å². The quantitative estimate of drug-likeness (QED) is 0.922. The molecular weight excluding hydrogens is 254 g/mol. The van der Waals surface area contributed by atoms with E-state index >= 15 is 0 Å². The molecular formula is C15H25N3S. The summed E-state index contributed by atoms with van der Waals surface area (Å²) in [5.41, 5.74) is 1.23. The Labute approximate surface area is 120 Å². The fourth-order valence-electron chi connectivity index (χ4n) is 3.35. The Balaban J connectivity index is 1.76. The van der Waals surface area contributed by atoms with Crippen molar-refractivity contribution >= 4 is 11.3 Å². The summed E-state index contributed by atoms with van der Waals surface area (Å²) < 4.78 is 0. The van der Waals surface area contributed by atoms with Crippen molar-refractivity contribution in [1.82, 2.24) is 15.2 Å². The number of nitrogens with zero attached hydrogens (tertiary/aromatic N) is 2. The number of rotatable bonds is 3. The van der Waals surface area contributed by atoms with Crippen molar-refractivity contribution in [3.63, 3.8) is 0 Å². The molecule has 0 spiro atoms. The Morgan fingerprint density at radius 2 is 2.11 bits per heavy atom. The molecule has 106 valence electrons. The van der Waals surface area contributed by atoms with Crippen LogP contribution in [-0.4, -0.2) is 35.1 Å². The molecule has 1 aromatic heterocycles. The fraction of sp³-hybridized carbons (Fsp3) is 0.800. The third kappa shape index (κ3) is 2.71. The molecule has 3 rings (SSSR count). The molecule has 4 heteroatoms. The highest BCUT2D eigenvalue weighted by Gasteiger charge is 2.38. The summed E-state index contributed by atoms with van der Waals surface area (Å²) in [4.78, 5) is 8.73. The maximum absolute atomic E-state index is 4.59. The molecule has 1 saturated heterocycles. The van der Waals surface area contributed by atoms with Gasteiger partial charge in [0.15, 0.2) is 0 Å². The number of thiazole rings is 1. The van der Waals surface area contributed by atoms with E-state index in [-0.39, 0.29) is 0 Å². The van der Waals surface area contributed by atoms with Crippen LogP contribution in [0.4, 0.5) is 0 Å². The van der Waals surface area contributed by atoms with Crippen molar-refractivity contribution in [3.05, 3.63) is 15.6 Å². The van der Waals surface area contributed by atoms with Crippen LogP contribution in [0, 0.1) is 19.8 Å². The van der Waals surface area contributed by atoms with Gasteiger partial charge < -0.3 is 5.32 Å². The molecule has 1 aliphatic heterocycles. The van der Waals surface area contributed by atoms with Gasteiger partial charge in [-0.3, -0.25) is 4.90 Å². The number of nitrogens with one attached hydrogen (secondary N) is 1. The van der Waals surface area contributed by atoms with Crippen LogP contribution in [0.25, 0.3) is 0 Å². The molecule has 0 amide bonds. The highest BCUT2D eigenvalue weighted by molar-refractivity contribution is 7.11. The van der Waals surface area contributed by atoms with E-state index in [1.165, 1.54) is 35.0 Å². The maximum atomic E-state index is 4.59. The Hall–Kier alpha value is -0.450. The molecule has 3 nitrogen and oxygen atoms in total. The predicted octanol–water partition coefficient (Wildman–Crippen LogP) is 2.89. The third-order valence-corrected chi connectivity index (χ3v) is 5.90. The largest absolute Gasteiger partial charge is 0.311 e. The fourth-order valence-corrected chi connectivity index (χ4v) is 4.35. The minimum absolute atomic E-state index is 0.504. The summed E-state index contributed by atoms with van der Waals surface area (Å²) in [5.74, 6) is 0.937. The minimum Gasteiger partial charge on any atom is -0.311 e. The Kier molecular flexibility index (Phi) is 3.67. The van der Waals surface area contributed by atoms with Gasteiger partial charge in [-0.15, -0.1) is 11.3 Å². The zero-order chi connectivity index (χ0) is 13.6. The van der Waals surface area contributed by atoms with Gasteiger partial charge in [0.25, 0.3) is 0 Å². The van der Waals surface area contributed by atoms with E-state index in [0.717, 1.165) is 12.5 Å². The third-order valence-electron chi connectivity index (χ3n) is 4.66. The van der Waals surface area contributed by atoms with Crippen LogP contribution in [0.1, 0.15) is 48.3 Å². The lowest BCUT2D eigenvalue weighted by atomic mass is 10.0. The van der Waals surface area contributed by atoms with Gasteiger partial charge in [-0.2, -0.15) is 0 Å². The second-order valence-corrected chi connectivity index (χ2v) is 7.49. The highest BCUT2D eigenvalue weighted by Crippen LogP contribution is 2.37. The van der Waals surface area contributed by atoms with Gasteiger partial charge in [0.05, 0.1) is 10.7 Å². The van der Waals surface area contributed by atoms with E-state index in [9.17, 15) is 0 Å². The van der Waals surface area contributed by atoms with Crippen molar-refractivity contribution in [1.29, 1.82) is 0 Å². The van der Waals surface area contributed by atoms with Crippen molar-refractivity contribution in [3.8, 4) is 0 Å². The summed E-state index contributed by atoms with van der Waals surface area (Å²) in [6.07, 6.45) is 2.85. The SMILES string of the molecule is Cc1nc(C)c(C(C)N2CC(C3CC3)NCC2C)s1. The lowest BCUT2D eigenvalue weighted by molar-refractivity contribution is 0.0936. The first-order valence-electron chi connectivity index (χ1n) is 7.49. The molecule has 0 aromatic carbocycles. The normalized spacial score (nSPS) is 30.5. The summed E-state index contributed by atoms with van der Waals surface area (Å²) >= 11 is 1.87. The van der Waals surface area contributed by atoms with Crippen molar-refractivity contribution in [2.45, 2.75) is 58.7 Å². The van der Waals surface area contributed by atoms with Crippen LogP contribution < -0.4 is 5.32 Å². The van der Waals surface area contributed by atoms with E-state index < -0.39 is 0 Å². The first-order valence-corrected chi connectivity index (χ1v) is 8.31. The van der Waals surface area contributed by atoms with Gasteiger partial charge in [0.1, 0.15) is 0 Å². The maximum Gasteiger partial charge on any atom is 0.0900 e. The van der Waals surface area contributed by atoms with E-state index in [2.05, 4.69) is 42.9 Å². The van der Waals surface area contributed by atoms with Crippen LogP contribution in [0.2, 0.25) is 0 Å². The number of hydrogen-bond acceptors (Lipinski definition) is 4. The topological polar surface area (TPSA) is 28.2 Å². The van der Waals surface area contributed by atoms with Crippen molar-refractivity contribution in [2.24, 2.45) is 5.92 Å². The molecule has 2 aliphatic rings. The molecule has 19 heavy (non-hydrogen) atoms. The average molecular weight is 279 g/mol. The van der Waals surface area contributed by atoms with Crippen LogP contribution >= 0.6 is 11.3 Å². The minimum atomic E-state index is 0.504.